The van der Waals surface area contributed by atoms with Crippen molar-refractivity contribution < 1.29 is 19.6 Å². The molecule has 1 N–H and O–H groups in total. The maximum absolute atomic E-state index is 12.2. The smallest absolute Gasteiger partial charge is 0.410 e. The van der Waals surface area contributed by atoms with Gasteiger partial charge in [-0.1, -0.05) is 11.8 Å². The Labute approximate surface area is 158 Å². The zero-order chi connectivity index (χ0) is 20.0. The van der Waals surface area contributed by atoms with Crippen LogP contribution in [0.4, 0.5) is 16.2 Å². The summed E-state index contributed by atoms with van der Waals surface area (Å²) in [5, 5.41) is 19.9. The van der Waals surface area contributed by atoms with Gasteiger partial charge in [0, 0.05) is 44.7 Å². The third-order valence-corrected chi connectivity index (χ3v) is 3.92. The summed E-state index contributed by atoms with van der Waals surface area (Å²) in [4.78, 5) is 26.5. The second-order valence-electron chi connectivity index (χ2n) is 7.19. The topological polar surface area (TPSA) is 96.2 Å². The fraction of sp³-hybridized carbons (Fsp3) is 0.526. The van der Waals surface area contributed by atoms with Crippen molar-refractivity contribution in [3.05, 3.63) is 33.9 Å². The third-order valence-electron chi connectivity index (χ3n) is 3.92. The number of aliphatic hydroxyl groups is 1. The van der Waals surface area contributed by atoms with Crippen molar-refractivity contribution in [3.63, 3.8) is 0 Å². The van der Waals surface area contributed by atoms with E-state index in [0.29, 0.717) is 38.2 Å². The number of piperazine rings is 1. The Morgan fingerprint density at radius 3 is 2.52 bits per heavy atom. The summed E-state index contributed by atoms with van der Waals surface area (Å²) < 4.78 is 5.40. The maximum Gasteiger partial charge on any atom is 0.410 e. The highest BCUT2D eigenvalue weighted by Gasteiger charge is 2.27. The van der Waals surface area contributed by atoms with Gasteiger partial charge in [-0.3, -0.25) is 10.1 Å². The molecule has 0 saturated carbocycles. The van der Waals surface area contributed by atoms with E-state index in [0.717, 1.165) is 5.69 Å². The van der Waals surface area contributed by atoms with Crippen LogP contribution >= 0.6 is 0 Å². The molecule has 27 heavy (non-hydrogen) atoms. The molecule has 1 aliphatic rings. The van der Waals surface area contributed by atoms with Gasteiger partial charge in [-0.25, -0.2) is 4.79 Å². The minimum absolute atomic E-state index is 0.0283. The summed E-state index contributed by atoms with van der Waals surface area (Å²) in [6.07, 6.45) is -0.0389. The second kappa shape index (κ2) is 8.73. The van der Waals surface area contributed by atoms with Crippen molar-refractivity contribution in [2.75, 3.05) is 37.7 Å². The van der Waals surface area contributed by atoms with Crippen molar-refractivity contribution in [2.24, 2.45) is 0 Å². The van der Waals surface area contributed by atoms with E-state index in [1.54, 1.807) is 11.0 Å². The zero-order valence-corrected chi connectivity index (χ0v) is 15.9. The number of ether oxygens (including phenoxy) is 1. The molecule has 8 nitrogen and oxygen atoms in total. The summed E-state index contributed by atoms with van der Waals surface area (Å²) in [5.41, 5.74) is 0.764. The molecule has 8 heteroatoms. The fourth-order valence-corrected chi connectivity index (χ4v) is 2.68. The summed E-state index contributed by atoms with van der Waals surface area (Å²) >= 11 is 0. The average Bonchev–Trinajstić information content (AvgIpc) is 2.60. The van der Waals surface area contributed by atoms with E-state index in [2.05, 4.69) is 11.8 Å². The first-order valence-electron chi connectivity index (χ1n) is 8.82. The van der Waals surface area contributed by atoms with Gasteiger partial charge in [-0.15, -0.1) is 0 Å². The molecule has 0 radical (unpaired) electrons. The average molecular weight is 375 g/mol. The van der Waals surface area contributed by atoms with Gasteiger partial charge in [0.25, 0.3) is 5.69 Å². The first kappa shape index (κ1) is 20.5. The van der Waals surface area contributed by atoms with Crippen LogP contribution in [0.2, 0.25) is 0 Å². The van der Waals surface area contributed by atoms with Gasteiger partial charge in [0.15, 0.2) is 0 Å². The molecule has 0 aromatic heterocycles. The Kier molecular flexibility index (Phi) is 6.64. The van der Waals surface area contributed by atoms with Gasteiger partial charge >= 0.3 is 6.09 Å². The lowest BCUT2D eigenvalue weighted by Gasteiger charge is -2.37. The molecule has 1 saturated heterocycles. The third kappa shape index (κ3) is 5.86. The number of amides is 1. The number of benzene rings is 1. The Balaban J connectivity index is 2.14. The van der Waals surface area contributed by atoms with E-state index >= 15 is 0 Å². The number of non-ortho nitro benzene ring substituents is 1. The fourth-order valence-electron chi connectivity index (χ4n) is 2.68. The summed E-state index contributed by atoms with van der Waals surface area (Å²) in [5.74, 6) is 5.73. The molecule has 0 spiro atoms. The van der Waals surface area contributed by atoms with Crippen LogP contribution in [0, 0.1) is 22.0 Å². The number of hydrogen-bond donors (Lipinski definition) is 1. The number of nitro benzene ring substituents is 1. The molecule has 0 unspecified atom stereocenters. The monoisotopic (exact) mass is 375 g/mol. The highest BCUT2D eigenvalue weighted by Crippen LogP contribution is 2.26. The number of nitrogens with zero attached hydrogens (tertiary/aromatic N) is 3. The maximum atomic E-state index is 12.2. The van der Waals surface area contributed by atoms with E-state index in [1.165, 1.54) is 12.1 Å². The molecule has 0 atom stereocenters. The molecule has 1 aromatic carbocycles. The molecule has 0 bridgehead atoms. The van der Waals surface area contributed by atoms with Gasteiger partial charge in [0.1, 0.15) is 5.60 Å². The van der Waals surface area contributed by atoms with Crippen molar-refractivity contribution in [1.82, 2.24) is 4.90 Å². The summed E-state index contributed by atoms with van der Waals surface area (Å²) in [6, 6.07) is 4.58. The number of carbonyl (C=O) groups is 1. The largest absolute Gasteiger partial charge is 0.444 e. The highest BCUT2D eigenvalue weighted by atomic mass is 16.6. The lowest BCUT2D eigenvalue weighted by molar-refractivity contribution is -0.384. The zero-order valence-electron chi connectivity index (χ0n) is 15.9. The van der Waals surface area contributed by atoms with Crippen molar-refractivity contribution in [3.8, 4) is 11.8 Å². The van der Waals surface area contributed by atoms with Crippen LogP contribution in [-0.2, 0) is 4.74 Å². The van der Waals surface area contributed by atoms with Crippen LogP contribution in [0.1, 0.15) is 32.8 Å². The van der Waals surface area contributed by atoms with E-state index in [9.17, 15) is 14.9 Å². The number of hydrogen-bond acceptors (Lipinski definition) is 6. The number of anilines is 1. The Morgan fingerprint density at radius 2 is 1.96 bits per heavy atom. The van der Waals surface area contributed by atoms with Crippen LogP contribution in [-0.4, -0.2) is 59.4 Å². The standard InChI is InChI=1S/C19H25N3O5/c1-19(2,3)27-18(24)21-11-9-20(10-12-21)17-8-7-16(22(25)26)14-15(17)6-4-5-13-23/h7-8,14,23H,5,9-13H2,1-3H3. The van der Waals surface area contributed by atoms with E-state index in [-0.39, 0.29) is 18.4 Å². The molecule has 1 fully saturated rings. The second-order valence-corrected chi connectivity index (χ2v) is 7.19. The first-order valence-corrected chi connectivity index (χ1v) is 8.82. The Hall–Kier alpha value is -2.79. The SMILES string of the molecule is CC(C)(C)OC(=O)N1CCN(c2ccc([N+](=O)[O-])cc2C#CCCO)CC1. The first-order chi connectivity index (χ1) is 12.7. The number of nitro groups is 1. The molecule has 1 aliphatic heterocycles. The van der Waals surface area contributed by atoms with E-state index in [1.807, 2.05) is 25.7 Å². The molecule has 2 rings (SSSR count). The minimum Gasteiger partial charge on any atom is -0.444 e. The molecule has 1 aromatic rings. The lowest BCUT2D eigenvalue weighted by Crippen LogP contribution is -2.50. The van der Waals surface area contributed by atoms with Gasteiger partial charge in [-0.05, 0) is 26.8 Å². The van der Waals surface area contributed by atoms with Gasteiger partial charge in [-0.2, -0.15) is 0 Å². The van der Waals surface area contributed by atoms with Gasteiger partial charge in [0.2, 0.25) is 0 Å². The molecule has 0 aliphatic carbocycles. The van der Waals surface area contributed by atoms with Crippen LogP contribution in [0.25, 0.3) is 0 Å². The van der Waals surface area contributed by atoms with E-state index in [4.69, 9.17) is 9.84 Å². The quantitative estimate of drug-likeness (QED) is 0.495. The predicted octanol–water partition coefficient (Wildman–Crippen LogP) is 2.39. The summed E-state index contributed by atoms with van der Waals surface area (Å²) in [6.45, 7) is 7.56. The van der Waals surface area contributed by atoms with E-state index < -0.39 is 10.5 Å². The molecule has 146 valence electrons. The Morgan fingerprint density at radius 1 is 1.30 bits per heavy atom. The van der Waals surface area contributed by atoms with Gasteiger partial charge < -0.3 is 19.6 Å². The predicted molar refractivity (Wildman–Crippen MR) is 102 cm³/mol. The number of aliphatic hydroxyl groups excluding tert-OH is 1. The van der Waals surface area contributed by atoms with Crippen molar-refractivity contribution in [2.45, 2.75) is 32.8 Å². The minimum atomic E-state index is -0.540. The lowest BCUT2D eigenvalue weighted by atomic mass is 10.1. The Bertz CT molecular complexity index is 753. The van der Waals surface area contributed by atoms with Crippen molar-refractivity contribution >= 4 is 17.5 Å². The number of carbonyl (C=O) groups excluding carboxylic acids is 1. The number of rotatable bonds is 3. The highest BCUT2D eigenvalue weighted by molar-refractivity contribution is 5.69. The molecular weight excluding hydrogens is 350 g/mol. The van der Waals surface area contributed by atoms with Crippen molar-refractivity contribution in [1.29, 1.82) is 0 Å². The van der Waals surface area contributed by atoms with Crippen LogP contribution in [0.15, 0.2) is 18.2 Å². The molecule has 1 amide bonds. The normalized spacial score (nSPS) is 14.4. The van der Waals surface area contributed by atoms with Crippen LogP contribution in [0.3, 0.4) is 0 Å². The van der Waals surface area contributed by atoms with Crippen LogP contribution < -0.4 is 4.90 Å². The summed E-state index contributed by atoms with van der Waals surface area (Å²) in [7, 11) is 0. The van der Waals surface area contributed by atoms with Gasteiger partial charge in [0.05, 0.1) is 22.8 Å². The molecular formula is C19H25N3O5. The van der Waals surface area contributed by atoms with Crippen LogP contribution in [0.5, 0.6) is 0 Å². The molecule has 1 heterocycles.